The summed E-state index contributed by atoms with van der Waals surface area (Å²) in [6.07, 6.45) is 3.79. The third kappa shape index (κ3) is 3.63. The number of aromatic amines is 1. The first-order chi connectivity index (χ1) is 9.79. The van der Waals surface area contributed by atoms with E-state index in [1.807, 2.05) is 0 Å². The Balaban J connectivity index is 2.26. The number of nitrogens with one attached hydrogen (secondary N) is 1. The fourth-order valence-electron chi connectivity index (χ4n) is 2.54. The molecule has 0 aliphatic carbocycles. The van der Waals surface area contributed by atoms with Gasteiger partial charge in [-0.3, -0.25) is 0 Å². The van der Waals surface area contributed by atoms with Crippen molar-refractivity contribution in [1.29, 1.82) is 0 Å². The maximum Gasteiger partial charge on any atom is 0.217 e. The molecule has 0 bridgehead atoms. The first kappa shape index (κ1) is 16.4. The minimum Gasteiger partial charge on any atom is -0.380 e. The number of sulfonamides is 1. The highest BCUT2D eigenvalue weighted by Gasteiger charge is 2.43. The van der Waals surface area contributed by atoms with Gasteiger partial charge < -0.3 is 14.5 Å². The summed E-state index contributed by atoms with van der Waals surface area (Å²) in [5, 5.41) is 0. The molecule has 0 amide bonds. The average molecular weight is 317 g/mol. The molecular formula is C13H23N3O4S. The number of methoxy groups -OCH3 is 2. The molecule has 1 aromatic rings. The third-order valence-electron chi connectivity index (χ3n) is 3.83. The summed E-state index contributed by atoms with van der Waals surface area (Å²) < 4.78 is 37.5. The number of hydrogen-bond acceptors (Lipinski definition) is 5. The van der Waals surface area contributed by atoms with Crippen LogP contribution in [0.2, 0.25) is 0 Å². The second-order valence-corrected chi connectivity index (χ2v) is 7.79. The highest BCUT2D eigenvalue weighted by Crippen LogP contribution is 2.34. The van der Waals surface area contributed by atoms with Gasteiger partial charge in [-0.05, 0) is 20.3 Å². The van der Waals surface area contributed by atoms with Gasteiger partial charge in [0.05, 0.1) is 23.5 Å². The van der Waals surface area contributed by atoms with Crippen LogP contribution in [-0.2, 0) is 19.5 Å². The van der Waals surface area contributed by atoms with E-state index in [1.54, 1.807) is 33.4 Å². The van der Waals surface area contributed by atoms with Crippen molar-refractivity contribution in [2.75, 3.05) is 26.5 Å². The van der Waals surface area contributed by atoms with E-state index in [4.69, 9.17) is 9.47 Å². The number of imidazole rings is 1. The van der Waals surface area contributed by atoms with Crippen molar-refractivity contribution in [3.63, 3.8) is 0 Å². The number of nitrogens with zero attached hydrogens (tertiary/aromatic N) is 2. The largest absolute Gasteiger partial charge is 0.380 e. The predicted molar refractivity (Wildman–Crippen MR) is 78.3 cm³/mol. The third-order valence-corrected chi connectivity index (χ3v) is 6.00. The van der Waals surface area contributed by atoms with E-state index in [0.717, 1.165) is 0 Å². The van der Waals surface area contributed by atoms with E-state index in [2.05, 4.69) is 9.97 Å². The van der Waals surface area contributed by atoms with Crippen molar-refractivity contribution < 1.29 is 17.9 Å². The second-order valence-electron chi connectivity index (χ2n) is 5.87. The second kappa shape index (κ2) is 6.04. The van der Waals surface area contributed by atoms with Crippen molar-refractivity contribution >= 4 is 10.0 Å². The monoisotopic (exact) mass is 317 g/mol. The lowest BCUT2D eigenvalue weighted by molar-refractivity contribution is 0.0414. The highest BCUT2D eigenvalue weighted by atomic mass is 32.2. The van der Waals surface area contributed by atoms with Gasteiger partial charge in [0.1, 0.15) is 5.82 Å². The zero-order chi connectivity index (χ0) is 15.7. The van der Waals surface area contributed by atoms with Gasteiger partial charge in [0.15, 0.2) is 0 Å². The van der Waals surface area contributed by atoms with Gasteiger partial charge in [0, 0.05) is 33.2 Å². The summed E-state index contributed by atoms with van der Waals surface area (Å²) in [6, 6.07) is -0.317. The average Bonchev–Trinajstić information content (AvgIpc) is 3.06. The summed E-state index contributed by atoms with van der Waals surface area (Å²) in [6.45, 7) is 3.86. The molecule has 2 rings (SSSR count). The Morgan fingerprint density at radius 1 is 1.48 bits per heavy atom. The minimum atomic E-state index is -3.48. The Hall–Kier alpha value is -0.960. The molecule has 1 aromatic heterocycles. The summed E-state index contributed by atoms with van der Waals surface area (Å²) in [4.78, 5) is 7.20. The number of H-pyrrole nitrogens is 1. The molecule has 120 valence electrons. The van der Waals surface area contributed by atoms with Crippen LogP contribution in [0.4, 0.5) is 0 Å². The zero-order valence-electron chi connectivity index (χ0n) is 12.9. The van der Waals surface area contributed by atoms with Gasteiger partial charge in [-0.1, -0.05) is 0 Å². The van der Waals surface area contributed by atoms with E-state index >= 15 is 0 Å². The predicted octanol–water partition coefficient (Wildman–Crippen LogP) is 0.926. The Morgan fingerprint density at radius 2 is 2.19 bits per heavy atom. The topological polar surface area (TPSA) is 84.5 Å². The molecule has 7 nitrogen and oxygen atoms in total. The molecule has 1 saturated heterocycles. The molecule has 1 unspecified atom stereocenters. The molecule has 8 heteroatoms. The van der Waals surface area contributed by atoms with E-state index in [0.29, 0.717) is 18.8 Å². The maximum atomic E-state index is 12.7. The Kier molecular flexibility index (Phi) is 4.72. The number of hydrogen-bond donors (Lipinski definition) is 1. The molecule has 1 aliphatic heterocycles. The van der Waals surface area contributed by atoms with E-state index in [1.165, 1.54) is 11.4 Å². The molecule has 2 heterocycles. The molecule has 0 spiro atoms. The first-order valence-electron chi connectivity index (χ1n) is 6.86. The Bertz CT molecular complexity index is 556. The lowest BCUT2D eigenvalue weighted by Gasteiger charge is -2.28. The number of rotatable bonds is 6. The minimum absolute atomic E-state index is 0.0792. The summed E-state index contributed by atoms with van der Waals surface area (Å²) in [5.74, 6) is 0.567. The van der Waals surface area contributed by atoms with Crippen LogP contribution < -0.4 is 0 Å². The van der Waals surface area contributed by atoms with Gasteiger partial charge in [0.25, 0.3) is 0 Å². The van der Waals surface area contributed by atoms with Crippen LogP contribution in [-0.4, -0.2) is 60.9 Å². The van der Waals surface area contributed by atoms with Crippen LogP contribution in [0.15, 0.2) is 12.4 Å². The van der Waals surface area contributed by atoms with Gasteiger partial charge >= 0.3 is 0 Å². The molecule has 0 radical (unpaired) electrons. The van der Waals surface area contributed by atoms with Crippen molar-refractivity contribution in [2.45, 2.75) is 38.0 Å². The smallest absolute Gasteiger partial charge is 0.217 e. The SMILES string of the molecule is CO[C@@H]1CC(c2ncc[nH]2)N(S(=O)(=O)CC(C)(C)OC)C1. The van der Waals surface area contributed by atoms with E-state index < -0.39 is 15.6 Å². The molecule has 2 atom stereocenters. The molecular weight excluding hydrogens is 294 g/mol. The van der Waals surface area contributed by atoms with Crippen LogP contribution >= 0.6 is 0 Å². The van der Waals surface area contributed by atoms with Gasteiger partial charge in [-0.15, -0.1) is 0 Å². The maximum absolute atomic E-state index is 12.7. The van der Waals surface area contributed by atoms with E-state index in [9.17, 15) is 8.42 Å². The number of aromatic nitrogens is 2. The molecule has 1 aliphatic rings. The lowest BCUT2D eigenvalue weighted by Crippen LogP contribution is -2.42. The van der Waals surface area contributed by atoms with Crippen molar-refractivity contribution in [1.82, 2.24) is 14.3 Å². The Morgan fingerprint density at radius 3 is 2.71 bits per heavy atom. The van der Waals surface area contributed by atoms with Gasteiger partial charge in [-0.2, -0.15) is 4.31 Å². The quantitative estimate of drug-likeness (QED) is 0.843. The van der Waals surface area contributed by atoms with Gasteiger partial charge in [-0.25, -0.2) is 13.4 Å². The number of ether oxygens (including phenoxy) is 2. The van der Waals surface area contributed by atoms with Crippen LogP contribution in [0.1, 0.15) is 32.1 Å². The van der Waals surface area contributed by atoms with Crippen molar-refractivity contribution in [3.05, 3.63) is 18.2 Å². The zero-order valence-corrected chi connectivity index (χ0v) is 13.7. The molecule has 1 N–H and O–H groups in total. The fourth-order valence-corrected chi connectivity index (χ4v) is 4.67. The van der Waals surface area contributed by atoms with Crippen LogP contribution in [0.3, 0.4) is 0 Å². The lowest BCUT2D eigenvalue weighted by atomic mass is 10.2. The van der Waals surface area contributed by atoms with Crippen LogP contribution in [0.25, 0.3) is 0 Å². The molecule has 0 saturated carbocycles. The van der Waals surface area contributed by atoms with Crippen LogP contribution in [0, 0.1) is 0 Å². The fraction of sp³-hybridized carbons (Fsp3) is 0.769. The van der Waals surface area contributed by atoms with Crippen molar-refractivity contribution in [2.24, 2.45) is 0 Å². The van der Waals surface area contributed by atoms with Crippen molar-refractivity contribution in [3.8, 4) is 0 Å². The normalized spacial score (nSPS) is 24.6. The standard InChI is InChI=1S/C13H23N3O4S/c1-13(2,20-4)9-21(17,18)16-8-10(19-3)7-11(16)12-14-5-6-15-12/h5-6,10-11H,7-9H2,1-4H3,(H,14,15)/t10-,11?/m1/s1. The van der Waals surface area contributed by atoms with E-state index in [-0.39, 0.29) is 17.9 Å². The van der Waals surface area contributed by atoms with Gasteiger partial charge in [0.2, 0.25) is 10.0 Å². The Labute approximate surface area is 125 Å². The molecule has 0 aromatic carbocycles. The molecule has 21 heavy (non-hydrogen) atoms. The summed E-state index contributed by atoms with van der Waals surface area (Å²) in [7, 11) is -0.368. The summed E-state index contributed by atoms with van der Waals surface area (Å²) >= 11 is 0. The van der Waals surface area contributed by atoms with Crippen LogP contribution in [0.5, 0.6) is 0 Å². The molecule has 1 fully saturated rings. The summed E-state index contributed by atoms with van der Waals surface area (Å²) in [5.41, 5.74) is -0.738. The first-order valence-corrected chi connectivity index (χ1v) is 8.47. The highest BCUT2D eigenvalue weighted by molar-refractivity contribution is 7.89.